The molecule has 78 valence electrons. The second-order valence-corrected chi connectivity index (χ2v) is 5.57. The Labute approximate surface area is 92.1 Å². The molecule has 0 aliphatic rings. The molecule has 1 aromatic carbocycles. The van der Waals surface area contributed by atoms with Crippen LogP contribution in [0, 0.1) is 0 Å². The normalized spacial score (nSPS) is 11.5. The zero-order valence-corrected chi connectivity index (χ0v) is 9.22. The van der Waals surface area contributed by atoms with Gasteiger partial charge in [-0.25, -0.2) is 8.42 Å². The van der Waals surface area contributed by atoms with Crippen LogP contribution in [0.2, 0.25) is 0 Å². The smallest absolute Gasteiger partial charge is 0.261 e. The second-order valence-electron chi connectivity index (χ2n) is 3.03. The maximum Gasteiger partial charge on any atom is 0.261 e. The number of nitrogens with one attached hydrogen (secondary N) is 1. The van der Waals surface area contributed by atoms with Crippen LogP contribution in [0.3, 0.4) is 0 Å². The van der Waals surface area contributed by atoms with Crippen molar-refractivity contribution in [3.63, 3.8) is 0 Å². The van der Waals surface area contributed by atoms with Crippen molar-refractivity contribution in [1.82, 2.24) is 4.98 Å². The molecule has 0 fully saturated rings. The summed E-state index contributed by atoms with van der Waals surface area (Å²) >= 11 is 0. The summed E-state index contributed by atoms with van der Waals surface area (Å²) in [7, 11) is 1.64. The highest BCUT2D eigenvalue weighted by Crippen LogP contribution is 2.28. The Balaban J connectivity index is 2.68. The predicted octanol–water partition coefficient (Wildman–Crippen LogP) is 2.61. The summed E-state index contributed by atoms with van der Waals surface area (Å²) < 4.78 is 22.6. The molecular formula is C10H8ClNO2S. The van der Waals surface area contributed by atoms with Gasteiger partial charge in [0.05, 0.1) is 4.90 Å². The van der Waals surface area contributed by atoms with Crippen LogP contribution in [-0.4, -0.2) is 13.4 Å². The van der Waals surface area contributed by atoms with Crippen molar-refractivity contribution >= 4 is 19.7 Å². The maximum atomic E-state index is 11.3. The van der Waals surface area contributed by atoms with Gasteiger partial charge in [-0.15, -0.1) is 0 Å². The first-order chi connectivity index (χ1) is 7.09. The fraction of sp³-hybridized carbons (Fsp3) is 0. The van der Waals surface area contributed by atoms with Gasteiger partial charge in [0, 0.05) is 34.2 Å². The molecule has 0 saturated carbocycles. The number of aromatic nitrogens is 1. The molecule has 2 rings (SSSR count). The molecule has 5 heteroatoms. The van der Waals surface area contributed by atoms with Crippen LogP contribution < -0.4 is 0 Å². The lowest BCUT2D eigenvalue weighted by Crippen LogP contribution is -1.93. The molecule has 0 unspecified atom stereocenters. The molecule has 2 aromatic rings. The summed E-state index contributed by atoms with van der Waals surface area (Å²) in [5, 5.41) is 0. The van der Waals surface area contributed by atoms with Crippen LogP contribution in [0.4, 0.5) is 0 Å². The van der Waals surface area contributed by atoms with Gasteiger partial charge < -0.3 is 4.98 Å². The molecule has 0 aliphatic carbocycles. The minimum atomic E-state index is -3.70. The molecule has 0 spiro atoms. The van der Waals surface area contributed by atoms with Crippen LogP contribution in [0.25, 0.3) is 11.1 Å². The van der Waals surface area contributed by atoms with E-state index in [0.717, 1.165) is 5.56 Å². The highest BCUT2D eigenvalue weighted by Gasteiger charge is 2.15. The minimum absolute atomic E-state index is 0.131. The van der Waals surface area contributed by atoms with Gasteiger partial charge in [-0.2, -0.15) is 0 Å². The standard InChI is InChI=1S/C10H8ClNO2S/c11-15(13,14)10-4-2-1-3-9(10)8-5-6-12-7-8/h1-7,12H. The minimum Gasteiger partial charge on any atom is -0.367 e. The van der Waals surface area contributed by atoms with Crippen molar-refractivity contribution in [1.29, 1.82) is 0 Å². The van der Waals surface area contributed by atoms with Gasteiger partial charge in [0.1, 0.15) is 0 Å². The van der Waals surface area contributed by atoms with Crippen LogP contribution in [-0.2, 0) is 9.05 Å². The molecular weight excluding hydrogens is 234 g/mol. The van der Waals surface area contributed by atoms with Gasteiger partial charge in [0.2, 0.25) is 0 Å². The monoisotopic (exact) mass is 241 g/mol. The number of hydrogen-bond donors (Lipinski definition) is 1. The van der Waals surface area contributed by atoms with Gasteiger partial charge in [-0.1, -0.05) is 18.2 Å². The lowest BCUT2D eigenvalue weighted by atomic mass is 10.1. The molecule has 0 bridgehead atoms. The molecule has 15 heavy (non-hydrogen) atoms. The fourth-order valence-electron chi connectivity index (χ4n) is 1.41. The van der Waals surface area contributed by atoms with E-state index in [4.69, 9.17) is 10.7 Å². The van der Waals surface area contributed by atoms with E-state index in [0.29, 0.717) is 5.56 Å². The zero-order chi connectivity index (χ0) is 10.9. The van der Waals surface area contributed by atoms with Crippen molar-refractivity contribution in [2.75, 3.05) is 0 Å². The predicted molar refractivity (Wildman–Crippen MR) is 59.3 cm³/mol. The summed E-state index contributed by atoms with van der Waals surface area (Å²) in [5.41, 5.74) is 1.41. The number of rotatable bonds is 2. The van der Waals surface area contributed by atoms with Crippen molar-refractivity contribution in [2.24, 2.45) is 0 Å². The van der Waals surface area contributed by atoms with E-state index >= 15 is 0 Å². The summed E-state index contributed by atoms with van der Waals surface area (Å²) in [6.45, 7) is 0. The number of halogens is 1. The Morgan fingerprint density at radius 2 is 1.87 bits per heavy atom. The number of H-pyrrole nitrogens is 1. The number of hydrogen-bond acceptors (Lipinski definition) is 2. The summed E-state index contributed by atoms with van der Waals surface area (Å²) in [4.78, 5) is 3.00. The van der Waals surface area contributed by atoms with Crippen molar-refractivity contribution in [3.05, 3.63) is 42.7 Å². The van der Waals surface area contributed by atoms with E-state index in [-0.39, 0.29) is 4.90 Å². The lowest BCUT2D eigenvalue weighted by molar-refractivity contribution is 0.610. The summed E-state index contributed by atoms with van der Waals surface area (Å²) in [6, 6.07) is 8.42. The topological polar surface area (TPSA) is 49.9 Å². The van der Waals surface area contributed by atoms with Crippen LogP contribution in [0.1, 0.15) is 0 Å². The van der Waals surface area contributed by atoms with Crippen LogP contribution in [0.15, 0.2) is 47.6 Å². The molecule has 3 nitrogen and oxygen atoms in total. The van der Waals surface area contributed by atoms with Crippen molar-refractivity contribution in [3.8, 4) is 11.1 Å². The Bertz CT molecular complexity index is 561. The third-order valence-corrected chi connectivity index (χ3v) is 3.44. The highest BCUT2D eigenvalue weighted by molar-refractivity contribution is 8.13. The first-order valence-electron chi connectivity index (χ1n) is 4.26. The van der Waals surface area contributed by atoms with E-state index in [1.54, 1.807) is 36.7 Å². The molecule has 1 N–H and O–H groups in total. The second kappa shape index (κ2) is 3.72. The Morgan fingerprint density at radius 1 is 1.13 bits per heavy atom. The van der Waals surface area contributed by atoms with Gasteiger partial charge >= 0.3 is 0 Å². The van der Waals surface area contributed by atoms with Gasteiger partial charge in [-0.05, 0) is 12.1 Å². The van der Waals surface area contributed by atoms with Crippen molar-refractivity contribution < 1.29 is 8.42 Å². The van der Waals surface area contributed by atoms with Crippen molar-refractivity contribution in [2.45, 2.75) is 4.90 Å². The number of benzene rings is 1. The van der Waals surface area contributed by atoms with Gasteiger partial charge in [0.15, 0.2) is 0 Å². The molecule has 1 aromatic heterocycles. The molecule has 0 amide bonds. The quantitative estimate of drug-likeness (QED) is 0.822. The SMILES string of the molecule is O=S(=O)(Cl)c1ccccc1-c1cc[nH]c1. The van der Waals surface area contributed by atoms with Gasteiger partial charge in [-0.3, -0.25) is 0 Å². The number of aromatic amines is 1. The zero-order valence-electron chi connectivity index (χ0n) is 7.64. The first kappa shape index (κ1) is 10.3. The van der Waals surface area contributed by atoms with E-state index in [2.05, 4.69) is 4.98 Å². The largest absolute Gasteiger partial charge is 0.367 e. The molecule has 1 heterocycles. The van der Waals surface area contributed by atoms with Crippen LogP contribution in [0.5, 0.6) is 0 Å². The average molecular weight is 242 g/mol. The summed E-state index contributed by atoms with van der Waals surface area (Å²) in [5.74, 6) is 0. The van der Waals surface area contributed by atoms with E-state index in [9.17, 15) is 8.42 Å². The van der Waals surface area contributed by atoms with Crippen LogP contribution >= 0.6 is 10.7 Å². The van der Waals surface area contributed by atoms with E-state index in [1.807, 2.05) is 0 Å². The highest BCUT2D eigenvalue weighted by atomic mass is 35.7. The molecule has 0 atom stereocenters. The van der Waals surface area contributed by atoms with Gasteiger partial charge in [0.25, 0.3) is 9.05 Å². The first-order valence-corrected chi connectivity index (χ1v) is 6.57. The van der Waals surface area contributed by atoms with E-state index in [1.165, 1.54) is 6.07 Å². The fourth-order valence-corrected chi connectivity index (χ4v) is 2.50. The molecule has 0 radical (unpaired) electrons. The Morgan fingerprint density at radius 3 is 2.47 bits per heavy atom. The van der Waals surface area contributed by atoms with E-state index < -0.39 is 9.05 Å². The maximum absolute atomic E-state index is 11.3. The lowest BCUT2D eigenvalue weighted by Gasteiger charge is -2.03. The Hall–Kier alpha value is -1.26. The Kier molecular flexibility index (Phi) is 2.54. The third kappa shape index (κ3) is 2.06. The summed E-state index contributed by atoms with van der Waals surface area (Å²) in [6.07, 6.45) is 3.45. The average Bonchev–Trinajstić information content (AvgIpc) is 2.69. The molecule has 0 saturated heterocycles. The third-order valence-electron chi connectivity index (χ3n) is 2.06. The molecule has 0 aliphatic heterocycles.